The van der Waals surface area contributed by atoms with Gasteiger partial charge in [0.1, 0.15) is 17.7 Å². The fourth-order valence-corrected chi connectivity index (χ4v) is 5.76. The average molecular weight is 675 g/mol. The number of Topliss-reactive ketones (excluding diaryl/α,β-unsaturated/α-hetero) is 1. The highest BCUT2D eigenvalue weighted by molar-refractivity contribution is 5.99. The van der Waals surface area contributed by atoms with Crippen LogP contribution in [0, 0.1) is 5.92 Å². The second-order valence-corrected chi connectivity index (χ2v) is 13.3. The van der Waals surface area contributed by atoms with Gasteiger partial charge in [-0.25, -0.2) is 0 Å². The first-order valence-corrected chi connectivity index (χ1v) is 16.9. The van der Waals surface area contributed by atoms with Crippen LogP contribution in [0.1, 0.15) is 61.0 Å². The van der Waals surface area contributed by atoms with Crippen LogP contribution in [0.5, 0.6) is 0 Å². The molecule has 4 atom stereocenters. The maximum Gasteiger partial charge on any atom is 0.274 e. The van der Waals surface area contributed by atoms with E-state index >= 15 is 0 Å². The summed E-state index contributed by atoms with van der Waals surface area (Å²) in [7, 11) is 0. The Kier molecular flexibility index (Phi) is 12.3. The summed E-state index contributed by atoms with van der Waals surface area (Å²) >= 11 is 0. The fourth-order valence-electron chi connectivity index (χ4n) is 5.76. The molecule has 0 unspecified atom stereocenters. The van der Waals surface area contributed by atoms with E-state index < -0.39 is 41.4 Å². The molecule has 0 spiro atoms. The van der Waals surface area contributed by atoms with Crippen LogP contribution >= 0.6 is 0 Å². The van der Waals surface area contributed by atoms with Crippen molar-refractivity contribution in [3.05, 3.63) is 83.5 Å². The molecule has 2 fully saturated rings. The van der Waals surface area contributed by atoms with Crippen molar-refractivity contribution < 1.29 is 33.2 Å². The Morgan fingerprint density at radius 2 is 1.57 bits per heavy atom. The van der Waals surface area contributed by atoms with Gasteiger partial charge < -0.3 is 29.9 Å². The number of aryl methyl sites for hydroxylation is 1. The minimum Gasteiger partial charge on any atom is -0.379 e. The molecule has 0 radical (unpaired) electrons. The quantitative estimate of drug-likeness (QED) is 0.181. The molecular weight excluding hydrogens is 628 g/mol. The van der Waals surface area contributed by atoms with Crippen LogP contribution in [0.25, 0.3) is 0 Å². The van der Waals surface area contributed by atoms with Crippen molar-refractivity contribution >= 4 is 23.5 Å². The molecule has 13 heteroatoms. The molecule has 3 N–H and O–H groups in total. The van der Waals surface area contributed by atoms with Crippen LogP contribution in [0.4, 0.5) is 0 Å². The van der Waals surface area contributed by atoms with Crippen LogP contribution in [-0.2, 0) is 43.2 Å². The lowest BCUT2D eigenvalue weighted by Gasteiger charge is -2.27. The Balaban J connectivity index is 1.29. The van der Waals surface area contributed by atoms with Gasteiger partial charge in [0.2, 0.25) is 11.8 Å². The molecule has 3 aromatic rings. The number of morpholine rings is 1. The van der Waals surface area contributed by atoms with Crippen molar-refractivity contribution in [1.82, 2.24) is 31.0 Å². The van der Waals surface area contributed by atoms with Crippen molar-refractivity contribution in [3.63, 3.8) is 0 Å². The minimum atomic E-state index is -0.984. The molecule has 262 valence electrons. The topological polar surface area (TPSA) is 168 Å². The van der Waals surface area contributed by atoms with E-state index in [1.165, 1.54) is 0 Å². The Morgan fingerprint density at radius 3 is 2.24 bits per heavy atom. The lowest BCUT2D eigenvalue weighted by molar-refractivity contribution is -0.133. The van der Waals surface area contributed by atoms with E-state index in [1.807, 2.05) is 44.2 Å². The molecular formula is C36H46N6O7. The Bertz CT molecular complexity index is 1550. The van der Waals surface area contributed by atoms with Gasteiger partial charge >= 0.3 is 0 Å². The van der Waals surface area contributed by atoms with Gasteiger partial charge in [0.15, 0.2) is 17.2 Å². The third-order valence-corrected chi connectivity index (χ3v) is 8.72. The molecule has 0 aliphatic carbocycles. The van der Waals surface area contributed by atoms with E-state index in [1.54, 1.807) is 37.5 Å². The molecule has 2 aliphatic heterocycles. The standard InChI is InChI=1S/C36H46N6O7/c1-24(2)19-30(34(45)39-29(32(43)36(3)23-48-36)20-26-11-13-37-14-12-26)40-33(44)28(10-9-25-7-5-4-6-8-25)38-35(46)31-21-27(49-41-31)22-42-15-17-47-18-16-42/h4-8,11-14,21,24,28-30H,9-10,15-20,22-23H2,1-3H3,(H,38,46)(H,39,45)(H,40,44)/t28-,29-,30-,36+/m0/s1. The summed E-state index contributed by atoms with van der Waals surface area (Å²) in [6.45, 7) is 9.12. The predicted octanol–water partition coefficient (Wildman–Crippen LogP) is 2.25. The number of nitrogens with one attached hydrogen (secondary N) is 3. The summed E-state index contributed by atoms with van der Waals surface area (Å²) in [5, 5.41) is 12.6. The first-order valence-electron chi connectivity index (χ1n) is 16.9. The number of carbonyl (C=O) groups excluding carboxylic acids is 4. The summed E-state index contributed by atoms with van der Waals surface area (Å²) in [6, 6.07) is 12.0. The van der Waals surface area contributed by atoms with Crippen molar-refractivity contribution in [2.45, 2.75) is 76.7 Å². The van der Waals surface area contributed by atoms with Gasteiger partial charge in [-0.2, -0.15) is 0 Å². The van der Waals surface area contributed by atoms with Gasteiger partial charge in [-0.15, -0.1) is 0 Å². The Labute approximate surface area is 286 Å². The Morgan fingerprint density at radius 1 is 0.898 bits per heavy atom. The van der Waals surface area contributed by atoms with E-state index in [-0.39, 0.29) is 36.8 Å². The molecule has 4 heterocycles. The fraction of sp³-hybridized carbons (Fsp3) is 0.500. The zero-order valence-corrected chi connectivity index (χ0v) is 28.4. The summed E-state index contributed by atoms with van der Waals surface area (Å²) in [5.74, 6) is -1.23. The molecule has 13 nitrogen and oxygen atoms in total. The number of epoxide rings is 1. The molecule has 0 saturated carbocycles. The first kappa shape index (κ1) is 35.8. The van der Waals surface area contributed by atoms with Gasteiger partial charge in [-0.1, -0.05) is 49.3 Å². The summed E-state index contributed by atoms with van der Waals surface area (Å²) in [5.41, 5.74) is 0.920. The number of aromatic nitrogens is 2. The summed E-state index contributed by atoms with van der Waals surface area (Å²) < 4.78 is 16.3. The molecule has 3 amide bonds. The zero-order chi connectivity index (χ0) is 34.8. The van der Waals surface area contributed by atoms with Crippen molar-refractivity contribution in [3.8, 4) is 0 Å². The zero-order valence-electron chi connectivity index (χ0n) is 28.4. The van der Waals surface area contributed by atoms with Gasteiger partial charge in [0, 0.05) is 31.5 Å². The highest BCUT2D eigenvalue weighted by Gasteiger charge is 2.50. The number of ketones is 1. The maximum atomic E-state index is 13.9. The van der Waals surface area contributed by atoms with Crippen molar-refractivity contribution in [1.29, 1.82) is 0 Å². The number of ether oxygens (including phenoxy) is 2. The lowest BCUT2D eigenvalue weighted by atomic mass is 9.94. The number of hydrogen-bond acceptors (Lipinski definition) is 10. The van der Waals surface area contributed by atoms with E-state index in [4.69, 9.17) is 14.0 Å². The number of rotatable bonds is 17. The third-order valence-electron chi connectivity index (χ3n) is 8.72. The van der Waals surface area contributed by atoms with E-state index in [9.17, 15) is 19.2 Å². The summed E-state index contributed by atoms with van der Waals surface area (Å²) in [4.78, 5) is 60.7. The Hall–Kier alpha value is -4.46. The number of pyridine rings is 1. The maximum absolute atomic E-state index is 13.9. The number of carbonyl (C=O) groups is 4. The van der Waals surface area contributed by atoms with Gasteiger partial charge in [-0.3, -0.25) is 29.1 Å². The van der Waals surface area contributed by atoms with Crippen LogP contribution < -0.4 is 16.0 Å². The van der Waals surface area contributed by atoms with Gasteiger partial charge in [-0.05, 0) is 61.8 Å². The largest absolute Gasteiger partial charge is 0.379 e. The number of benzene rings is 1. The molecule has 1 aromatic carbocycles. The van der Waals surface area contributed by atoms with E-state index in [0.717, 1.165) is 24.2 Å². The number of hydrogen-bond donors (Lipinski definition) is 3. The first-order chi connectivity index (χ1) is 23.6. The second kappa shape index (κ2) is 16.8. The normalized spacial score (nSPS) is 19.4. The third kappa shape index (κ3) is 10.5. The van der Waals surface area contributed by atoms with Crippen molar-refractivity contribution in [2.75, 3.05) is 32.9 Å². The molecule has 49 heavy (non-hydrogen) atoms. The highest BCUT2D eigenvalue weighted by atomic mass is 16.6. The molecule has 5 rings (SSSR count). The molecule has 0 bridgehead atoms. The molecule has 2 saturated heterocycles. The second-order valence-electron chi connectivity index (χ2n) is 13.3. The van der Waals surface area contributed by atoms with Crippen LogP contribution in [0.3, 0.4) is 0 Å². The monoisotopic (exact) mass is 674 g/mol. The van der Waals surface area contributed by atoms with Gasteiger partial charge in [0.25, 0.3) is 5.91 Å². The number of amides is 3. The van der Waals surface area contributed by atoms with Gasteiger partial charge in [0.05, 0.1) is 32.4 Å². The van der Waals surface area contributed by atoms with Crippen LogP contribution in [-0.4, -0.2) is 95.2 Å². The number of nitrogens with zero attached hydrogens (tertiary/aromatic N) is 3. The van der Waals surface area contributed by atoms with Crippen molar-refractivity contribution in [2.24, 2.45) is 5.92 Å². The lowest BCUT2D eigenvalue weighted by Crippen LogP contribution is -2.57. The predicted molar refractivity (Wildman–Crippen MR) is 179 cm³/mol. The van der Waals surface area contributed by atoms with Crippen LogP contribution in [0.2, 0.25) is 0 Å². The molecule has 2 aliphatic rings. The SMILES string of the molecule is CC(C)C[C@H](NC(=O)[C@H](CCc1ccccc1)NC(=O)c1cc(CN2CCOCC2)on1)C(=O)N[C@@H](Cc1ccncc1)C(=O)[C@@]1(C)CO1. The summed E-state index contributed by atoms with van der Waals surface area (Å²) in [6.07, 6.45) is 4.59. The van der Waals surface area contributed by atoms with Crippen LogP contribution in [0.15, 0.2) is 65.4 Å². The van der Waals surface area contributed by atoms with E-state index in [0.29, 0.717) is 38.4 Å². The highest BCUT2D eigenvalue weighted by Crippen LogP contribution is 2.29. The molecule has 2 aromatic heterocycles. The minimum absolute atomic E-state index is 0.0343. The smallest absolute Gasteiger partial charge is 0.274 e. The average Bonchev–Trinajstić information content (AvgIpc) is 3.68. The van der Waals surface area contributed by atoms with E-state index in [2.05, 4.69) is 31.0 Å².